The summed E-state index contributed by atoms with van der Waals surface area (Å²) in [5, 5.41) is 4.18. The Morgan fingerprint density at radius 3 is 3.07 bits per heavy atom. The second kappa shape index (κ2) is 3.92. The summed E-state index contributed by atoms with van der Waals surface area (Å²) in [6.07, 6.45) is 7.66. The second-order valence-electron chi connectivity index (χ2n) is 3.94. The molecule has 2 atom stereocenters. The van der Waals surface area contributed by atoms with Crippen LogP contribution in [0.15, 0.2) is 12.4 Å². The second-order valence-corrected chi connectivity index (χ2v) is 3.94. The summed E-state index contributed by atoms with van der Waals surface area (Å²) in [6.45, 7) is 0.762. The first-order valence-electron chi connectivity index (χ1n) is 5.03. The van der Waals surface area contributed by atoms with Gasteiger partial charge in [-0.25, -0.2) is 0 Å². The summed E-state index contributed by atoms with van der Waals surface area (Å²) in [4.78, 5) is 10.5. The van der Waals surface area contributed by atoms with Crippen molar-refractivity contribution >= 4 is 6.29 Å². The predicted octanol–water partition coefficient (Wildman–Crippen LogP) is 0.996. The number of rotatable bonds is 3. The van der Waals surface area contributed by atoms with Gasteiger partial charge in [-0.05, 0) is 31.7 Å². The maximum atomic E-state index is 10.5. The normalized spacial score (nSPS) is 26.6. The van der Waals surface area contributed by atoms with Gasteiger partial charge in [0, 0.05) is 6.20 Å². The SMILES string of the molecule is NCC1CCC(n2cc(C=O)cn2)C1. The summed E-state index contributed by atoms with van der Waals surface area (Å²) in [5.74, 6) is 0.629. The minimum atomic E-state index is 0.442. The molecular formula is C10H15N3O. The van der Waals surface area contributed by atoms with Crippen LogP contribution in [0.2, 0.25) is 0 Å². The fraction of sp³-hybridized carbons (Fsp3) is 0.600. The number of aldehydes is 1. The van der Waals surface area contributed by atoms with Gasteiger partial charge in [0.05, 0.1) is 17.8 Å². The number of nitrogens with zero attached hydrogens (tertiary/aromatic N) is 2. The Balaban J connectivity index is 2.05. The van der Waals surface area contributed by atoms with Crippen molar-refractivity contribution in [3.05, 3.63) is 18.0 Å². The van der Waals surface area contributed by atoms with E-state index < -0.39 is 0 Å². The Kier molecular flexibility index (Phi) is 2.63. The zero-order valence-corrected chi connectivity index (χ0v) is 8.10. The highest BCUT2D eigenvalue weighted by Gasteiger charge is 2.25. The Bertz CT molecular complexity index is 321. The first kappa shape index (κ1) is 9.40. The smallest absolute Gasteiger partial charge is 0.153 e. The minimum absolute atomic E-state index is 0.442. The standard InChI is InChI=1S/C10H15N3O/c11-4-8-1-2-10(3-8)13-6-9(7-14)5-12-13/h5-8,10H,1-4,11H2. The van der Waals surface area contributed by atoms with E-state index in [1.807, 2.05) is 10.9 Å². The van der Waals surface area contributed by atoms with Crippen molar-refractivity contribution in [3.8, 4) is 0 Å². The fourth-order valence-corrected chi connectivity index (χ4v) is 2.12. The molecule has 0 aromatic carbocycles. The molecule has 0 bridgehead atoms. The quantitative estimate of drug-likeness (QED) is 0.728. The van der Waals surface area contributed by atoms with E-state index in [9.17, 15) is 4.79 Å². The van der Waals surface area contributed by atoms with Gasteiger partial charge in [-0.1, -0.05) is 0 Å². The third-order valence-corrected chi connectivity index (χ3v) is 2.98. The van der Waals surface area contributed by atoms with Gasteiger partial charge in [-0.15, -0.1) is 0 Å². The van der Waals surface area contributed by atoms with Crippen molar-refractivity contribution in [3.63, 3.8) is 0 Å². The maximum absolute atomic E-state index is 10.5. The van der Waals surface area contributed by atoms with E-state index in [2.05, 4.69) is 5.10 Å². The highest BCUT2D eigenvalue weighted by molar-refractivity contribution is 5.73. The molecule has 14 heavy (non-hydrogen) atoms. The summed E-state index contributed by atoms with van der Waals surface area (Å²) in [6, 6.07) is 0.442. The largest absolute Gasteiger partial charge is 0.330 e. The molecule has 0 spiro atoms. The Hall–Kier alpha value is -1.16. The molecule has 1 heterocycles. The molecule has 2 N–H and O–H groups in total. The van der Waals surface area contributed by atoms with Crippen LogP contribution in [-0.2, 0) is 0 Å². The zero-order valence-electron chi connectivity index (χ0n) is 8.10. The highest BCUT2D eigenvalue weighted by Crippen LogP contribution is 2.33. The molecule has 1 fully saturated rings. The molecule has 0 aliphatic heterocycles. The number of carbonyl (C=O) groups excluding carboxylic acids is 1. The van der Waals surface area contributed by atoms with Gasteiger partial charge < -0.3 is 5.73 Å². The van der Waals surface area contributed by atoms with Crippen molar-refractivity contribution < 1.29 is 4.79 Å². The van der Waals surface area contributed by atoms with E-state index in [0.29, 0.717) is 17.5 Å². The van der Waals surface area contributed by atoms with Gasteiger partial charge in [-0.3, -0.25) is 9.48 Å². The minimum Gasteiger partial charge on any atom is -0.330 e. The summed E-state index contributed by atoms with van der Waals surface area (Å²) >= 11 is 0. The van der Waals surface area contributed by atoms with Crippen LogP contribution in [0.25, 0.3) is 0 Å². The van der Waals surface area contributed by atoms with Gasteiger partial charge in [0.25, 0.3) is 0 Å². The topological polar surface area (TPSA) is 60.9 Å². The van der Waals surface area contributed by atoms with Crippen LogP contribution in [0.3, 0.4) is 0 Å². The van der Waals surface area contributed by atoms with Crippen LogP contribution in [0.4, 0.5) is 0 Å². The summed E-state index contributed by atoms with van der Waals surface area (Å²) in [5.41, 5.74) is 6.27. The molecule has 2 rings (SSSR count). The average molecular weight is 193 g/mol. The van der Waals surface area contributed by atoms with Crippen LogP contribution in [0.1, 0.15) is 35.7 Å². The van der Waals surface area contributed by atoms with E-state index in [4.69, 9.17) is 5.73 Å². The van der Waals surface area contributed by atoms with Crippen molar-refractivity contribution in [2.75, 3.05) is 6.54 Å². The van der Waals surface area contributed by atoms with Crippen LogP contribution < -0.4 is 5.73 Å². The molecule has 1 aromatic rings. The van der Waals surface area contributed by atoms with Crippen LogP contribution in [0.5, 0.6) is 0 Å². The molecule has 0 saturated heterocycles. The molecular weight excluding hydrogens is 178 g/mol. The van der Waals surface area contributed by atoms with Crippen molar-refractivity contribution in [2.45, 2.75) is 25.3 Å². The van der Waals surface area contributed by atoms with Gasteiger partial charge in [0.2, 0.25) is 0 Å². The molecule has 1 aliphatic carbocycles. The van der Waals surface area contributed by atoms with E-state index in [-0.39, 0.29) is 0 Å². The Morgan fingerprint density at radius 2 is 2.50 bits per heavy atom. The molecule has 0 radical (unpaired) electrons. The average Bonchev–Trinajstić information content (AvgIpc) is 2.86. The Labute approximate surface area is 83.1 Å². The van der Waals surface area contributed by atoms with E-state index >= 15 is 0 Å². The number of carbonyl (C=O) groups is 1. The molecule has 2 unspecified atom stereocenters. The fourth-order valence-electron chi connectivity index (χ4n) is 2.12. The van der Waals surface area contributed by atoms with E-state index in [1.165, 1.54) is 6.42 Å². The third kappa shape index (κ3) is 1.70. The molecule has 4 nitrogen and oxygen atoms in total. The molecule has 0 amide bonds. The summed E-state index contributed by atoms with van der Waals surface area (Å²) in [7, 11) is 0. The third-order valence-electron chi connectivity index (χ3n) is 2.98. The van der Waals surface area contributed by atoms with Crippen LogP contribution >= 0.6 is 0 Å². The van der Waals surface area contributed by atoms with Crippen LogP contribution in [-0.4, -0.2) is 22.6 Å². The first-order valence-corrected chi connectivity index (χ1v) is 5.03. The zero-order chi connectivity index (χ0) is 9.97. The molecule has 1 aromatic heterocycles. The molecule has 1 saturated carbocycles. The number of nitrogens with two attached hydrogens (primary N) is 1. The lowest BCUT2D eigenvalue weighted by Gasteiger charge is -2.10. The van der Waals surface area contributed by atoms with Crippen molar-refractivity contribution in [1.82, 2.24) is 9.78 Å². The first-order chi connectivity index (χ1) is 6.83. The number of hydrogen-bond acceptors (Lipinski definition) is 3. The van der Waals surface area contributed by atoms with E-state index in [0.717, 1.165) is 25.7 Å². The van der Waals surface area contributed by atoms with Crippen LogP contribution in [0, 0.1) is 5.92 Å². The lowest BCUT2D eigenvalue weighted by Crippen LogP contribution is -2.12. The van der Waals surface area contributed by atoms with Gasteiger partial charge in [0.15, 0.2) is 6.29 Å². The van der Waals surface area contributed by atoms with Crippen molar-refractivity contribution in [1.29, 1.82) is 0 Å². The van der Waals surface area contributed by atoms with Crippen molar-refractivity contribution in [2.24, 2.45) is 11.7 Å². The Morgan fingerprint density at radius 1 is 1.64 bits per heavy atom. The van der Waals surface area contributed by atoms with Gasteiger partial charge >= 0.3 is 0 Å². The lowest BCUT2D eigenvalue weighted by molar-refractivity contribution is 0.112. The van der Waals surface area contributed by atoms with E-state index in [1.54, 1.807) is 6.20 Å². The highest BCUT2D eigenvalue weighted by atomic mass is 16.1. The predicted molar refractivity (Wildman–Crippen MR) is 53.0 cm³/mol. The van der Waals surface area contributed by atoms with Gasteiger partial charge in [-0.2, -0.15) is 5.10 Å². The number of aromatic nitrogens is 2. The lowest BCUT2D eigenvalue weighted by atomic mass is 10.1. The monoisotopic (exact) mass is 193 g/mol. The molecule has 76 valence electrons. The maximum Gasteiger partial charge on any atom is 0.153 e. The molecule has 4 heteroatoms. The summed E-state index contributed by atoms with van der Waals surface area (Å²) < 4.78 is 1.90. The van der Waals surface area contributed by atoms with Gasteiger partial charge in [0.1, 0.15) is 0 Å². The molecule has 1 aliphatic rings. The number of hydrogen-bond donors (Lipinski definition) is 1.